The lowest BCUT2D eigenvalue weighted by Crippen LogP contribution is -1.92. The van der Waals surface area contributed by atoms with Crippen molar-refractivity contribution in [3.05, 3.63) is 56.2 Å². The van der Waals surface area contributed by atoms with Crippen LogP contribution in [0.5, 0.6) is 0 Å². The molecule has 3 heteroatoms. The number of benzene rings is 1. The van der Waals surface area contributed by atoms with Gasteiger partial charge in [0.05, 0.1) is 9.16 Å². The van der Waals surface area contributed by atoms with Gasteiger partial charge in [0.1, 0.15) is 0 Å². The summed E-state index contributed by atoms with van der Waals surface area (Å²) in [5, 5.41) is 0. The van der Waals surface area contributed by atoms with Crippen molar-refractivity contribution in [1.29, 1.82) is 0 Å². The molecule has 1 unspecified atom stereocenters. The summed E-state index contributed by atoms with van der Waals surface area (Å²) in [5.74, 6) is 0.575. The topological polar surface area (TPSA) is 0 Å². The van der Waals surface area contributed by atoms with E-state index < -0.39 is 0 Å². The average molecular weight is 344 g/mol. The van der Waals surface area contributed by atoms with Crippen LogP contribution >= 0.6 is 38.9 Å². The van der Waals surface area contributed by atoms with Gasteiger partial charge in [0.2, 0.25) is 0 Å². The molecule has 0 aliphatic rings. The lowest BCUT2D eigenvalue weighted by atomic mass is 10.0. The van der Waals surface area contributed by atoms with Crippen molar-refractivity contribution in [2.45, 2.75) is 31.5 Å². The quantitative estimate of drug-likeness (QED) is 0.572. The van der Waals surface area contributed by atoms with Crippen LogP contribution in [0.15, 0.2) is 30.3 Å². The van der Waals surface area contributed by atoms with E-state index in [4.69, 9.17) is 11.6 Å². The van der Waals surface area contributed by atoms with E-state index in [-0.39, 0.29) is 4.83 Å². The van der Waals surface area contributed by atoms with Gasteiger partial charge in [-0.3, -0.25) is 0 Å². The van der Waals surface area contributed by atoms with Crippen molar-refractivity contribution < 1.29 is 0 Å². The van der Waals surface area contributed by atoms with Crippen molar-refractivity contribution in [3.63, 3.8) is 0 Å². The molecule has 0 fully saturated rings. The Balaban J connectivity index is 2.25. The Labute approximate surface area is 126 Å². The summed E-state index contributed by atoms with van der Waals surface area (Å²) in [4.78, 5) is 1.49. The molecule has 0 saturated heterocycles. The minimum atomic E-state index is 0.231. The fourth-order valence-electron chi connectivity index (χ4n) is 1.82. The fraction of sp³-hybridized carbons (Fsp3) is 0.333. The van der Waals surface area contributed by atoms with Gasteiger partial charge in [0.15, 0.2) is 0 Å². The average Bonchev–Trinajstić information content (AvgIpc) is 2.69. The molecule has 2 rings (SSSR count). The molecule has 1 aromatic carbocycles. The van der Waals surface area contributed by atoms with Crippen LogP contribution in [0.25, 0.3) is 0 Å². The summed E-state index contributed by atoms with van der Waals surface area (Å²) in [6.07, 6.45) is 0. The minimum Gasteiger partial charge on any atom is -0.127 e. The summed E-state index contributed by atoms with van der Waals surface area (Å²) in [5.41, 5.74) is 3.80. The van der Waals surface area contributed by atoms with Crippen molar-refractivity contribution in [2.75, 3.05) is 0 Å². The van der Waals surface area contributed by atoms with Gasteiger partial charge in [0.25, 0.3) is 0 Å². The second kappa shape index (κ2) is 5.77. The molecule has 1 heterocycles. The van der Waals surface area contributed by atoms with Gasteiger partial charge in [-0.05, 0) is 35.6 Å². The van der Waals surface area contributed by atoms with Crippen LogP contribution < -0.4 is 0 Å². The highest BCUT2D eigenvalue weighted by atomic mass is 79.9. The summed E-state index contributed by atoms with van der Waals surface area (Å²) < 4.78 is 0.883. The molecule has 18 heavy (non-hydrogen) atoms. The number of halogens is 2. The number of aryl methyl sites for hydroxylation is 1. The van der Waals surface area contributed by atoms with Crippen LogP contribution in [-0.2, 0) is 0 Å². The van der Waals surface area contributed by atoms with Gasteiger partial charge in [-0.25, -0.2) is 0 Å². The van der Waals surface area contributed by atoms with Gasteiger partial charge in [-0.2, -0.15) is 0 Å². The molecule has 0 spiro atoms. The van der Waals surface area contributed by atoms with E-state index >= 15 is 0 Å². The first-order chi connectivity index (χ1) is 8.49. The van der Waals surface area contributed by atoms with Crippen LogP contribution in [-0.4, -0.2) is 0 Å². The standard InChI is InChI=1S/C15H16BrClS/c1-9(2)11-4-6-12(7-5-11)14(16)13-8-10(3)15(17)18-13/h4-9,14H,1-3H3. The van der Waals surface area contributed by atoms with Crippen molar-refractivity contribution in [2.24, 2.45) is 0 Å². The van der Waals surface area contributed by atoms with Crippen LogP contribution in [0.3, 0.4) is 0 Å². The zero-order valence-electron chi connectivity index (χ0n) is 10.7. The summed E-state index contributed by atoms with van der Waals surface area (Å²) in [6.45, 7) is 6.47. The second-order valence-electron chi connectivity index (χ2n) is 4.79. The smallest absolute Gasteiger partial charge is 0.0960 e. The monoisotopic (exact) mass is 342 g/mol. The normalized spacial score (nSPS) is 13.0. The third-order valence-electron chi connectivity index (χ3n) is 3.02. The van der Waals surface area contributed by atoms with Crippen LogP contribution in [0, 0.1) is 6.92 Å². The Morgan fingerprint density at radius 2 is 1.67 bits per heavy atom. The zero-order chi connectivity index (χ0) is 13.3. The third-order valence-corrected chi connectivity index (χ3v) is 5.97. The van der Waals surface area contributed by atoms with E-state index in [1.807, 2.05) is 6.92 Å². The van der Waals surface area contributed by atoms with E-state index in [1.54, 1.807) is 11.3 Å². The molecule has 0 nitrogen and oxygen atoms in total. The highest BCUT2D eigenvalue weighted by Gasteiger charge is 2.14. The molecule has 1 aromatic heterocycles. The number of thiophene rings is 1. The second-order valence-corrected chi connectivity index (χ2v) is 7.39. The summed E-state index contributed by atoms with van der Waals surface area (Å²) >= 11 is 11.5. The molecule has 0 aliphatic heterocycles. The Bertz CT molecular complexity index is 508. The predicted molar refractivity (Wildman–Crippen MR) is 85.4 cm³/mol. The molecule has 0 radical (unpaired) electrons. The first-order valence-electron chi connectivity index (χ1n) is 5.98. The van der Waals surface area contributed by atoms with E-state index in [0.29, 0.717) is 5.92 Å². The van der Waals surface area contributed by atoms with E-state index in [2.05, 4.69) is 60.1 Å². The van der Waals surface area contributed by atoms with Crippen LogP contribution in [0.1, 0.15) is 46.2 Å². The van der Waals surface area contributed by atoms with Crippen LogP contribution in [0.4, 0.5) is 0 Å². The highest BCUT2D eigenvalue weighted by molar-refractivity contribution is 9.09. The fourth-order valence-corrected chi connectivity index (χ4v) is 3.76. The van der Waals surface area contributed by atoms with Gasteiger partial charge in [-0.15, -0.1) is 11.3 Å². The molecule has 0 aliphatic carbocycles. The van der Waals surface area contributed by atoms with Crippen molar-refractivity contribution in [3.8, 4) is 0 Å². The molecule has 1 atom stereocenters. The SMILES string of the molecule is Cc1cc(C(Br)c2ccc(C(C)C)cc2)sc1Cl. The minimum absolute atomic E-state index is 0.231. The Hall–Kier alpha value is -0.310. The number of hydrogen-bond donors (Lipinski definition) is 0. The highest BCUT2D eigenvalue weighted by Crippen LogP contribution is 2.39. The maximum Gasteiger partial charge on any atom is 0.0960 e. The number of alkyl halides is 1. The van der Waals surface area contributed by atoms with Gasteiger partial charge < -0.3 is 0 Å². The molecular formula is C15H16BrClS. The molecule has 0 amide bonds. The Morgan fingerprint density at radius 3 is 2.11 bits per heavy atom. The van der Waals surface area contributed by atoms with Crippen LogP contribution in [0.2, 0.25) is 4.34 Å². The lowest BCUT2D eigenvalue weighted by molar-refractivity contribution is 0.865. The summed E-state index contributed by atoms with van der Waals surface area (Å²) in [7, 11) is 0. The Kier molecular flexibility index (Phi) is 4.52. The van der Waals surface area contributed by atoms with E-state index in [1.165, 1.54) is 16.0 Å². The molecule has 96 valence electrons. The van der Waals surface area contributed by atoms with Crippen molar-refractivity contribution >= 4 is 38.9 Å². The van der Waals surface area contributed by atoms with Crippen molar-refractivity contribution in [1.82, 2.24) is 0 Å². The largest absolute Gasteiger partial charge is 0.127 e. The predicted octanol–water partition coefficient (Wildman–Crippen LogP) is 6.32. The molecule has 0 bridgehead atoms. The van der Waals surface area contributed by atoms with Gasteiger partial charge in [0, 0.05) is 4.88 Å². The molecular weight excluding hydrogens is 328 g/mol. The van der Waals surface area contributed by atoms with Gasteiger partial charge in [-0.1, -0.05) is 65.6 Å². The maximum absolute atomic E-state index is 6.13. The molecule has 0 N–H and O–H groups in total. The first kappa shape index (κ1) is 14.1. The lowest BCUT2D eigenvalue weighted by Gasteiger charge is -2.10. The Morgan fingerprint density at radius 1 is 1.11 bits per heavy atom. The van der Waals surface area contributed by atoms with E-state index in [9.17, 15) is 0 Å². The number of rotatable bonds is 3. The maximum atomic E-state index is 6.13. The summed E-state index contributed by atoms with van der Waals surface area (Å²) in [6, 6.07) is 10.9. The molecule has 2 aromatic rings. The number of hydrogen-bond acceptors (Lipinski definition) is 1. The van der Waals surface area contributed by atoms with Gasteiger partial charge >= 0.3 is 0 Å². The zero-order valence-corrected chi connectivity index (χ0v) is 13.9. The third kappa shape index (κ3) is 2.98. The van der Waals surface area contributed by atoms with E-state index in [0.717, 1.165) is 9.90 Å². The first-order valence-corrected chi connectivity index (χ1v) is 8.10. The molecule has 0 saturated carbocycles.